The molecule has 2 aromatic heterocycles. The van der Waals surface area contributed by atoms with Crippen molar-refractivity contribution in [2.75, 3.05) is 0 Å². The van der Waals surface area contributed by atoms with Gasteiger partial charge in [0.1, 0.15) is 12.1 Å². The molecule has 0 N–H and O–H groups in total. The highest BCUT2D eigenvalue weighted by Gasteiger charge is 2.23. The van der Waals surface area contributed by atoms with E-state index in [0.29, 0.717) is 22.1 Å². The standard InChI is InChI=1S/C14H12ClN5/c1-14(2,3)12-5-10(7-17)19-20(12)13-11(15)4-9(6-16)8-18-13/h4-5,8H,1-3H3. The smallest absolute Gasteiger partial charge is 0.172 e. The van der Waals surface area contributed by atoms with E-state index in [4.69, 9.17) is 22.1 Å². The summed E-state index contributed by atoms with van der Waals surface area (Å²) in [5.74, 6) is 0.414. The summed E-state index contributed by atoms with van der Waals surface area (Å²) in [6.45, 7) is 6.04. The largest absolute Gasteiger partial charge is 0.234 e. The highest BCUT2D eigenvalue weighted by Crippen LogP contribution is 2.28. The van der Waals surface area contributed by atoms with Gasteiger partial charge in [-0.05, 0) is 12.1 Å². The summed E-state index contributed by atoms with van der Waals surface area (Å²) >= 11 is 6.16. The first kappa shape index (κ1) is 14.0. The molecular weight excluding hydrogens is 274 g/mol. The van der Waals surface area contributed by atoms with Gasteiger partial charge in [-0.2, -0.15) is 15.6 Å². The van der Waals surface area contributed by atoms with Crippen LogP contribution in [0, 0.1) is 22.7 Å². The van der Waals surface area contributed by atoms with Crippen LogP contribution in [-0.4, -0.2) is 14.8 Å². The molecule has 20 heavy (non-hydrogen) atoms. The number of hydrogen-bond donors (Lipinski definition) is 0. The van der Waals surface area contributed by atoms with Crippen LogP contribution < -0.4 is 0 Å². The second kappa shape index (κ2) is 4.96. The molecule has 5 nitrogen and oxygen atoms in total. The summed E-state index contributed by atoms with van der Waals surface area (Å²) in [5, 5.41) is 22.4. The van der Waals surface area contributed by atoms with Gasteiger partial charge in [0.15, 0.2) is 11.5 Å². The van der Waals surface area contributed by atoms with Crippen LogP contribution in [0.4, 0.5) is 0 Å². The fourth-order valence-electron chi connectivity index (χ4n) is 1.78. The lowest BCUT2D eigenvalue weighted by atomic mass is 9.92. The maximum absolute atomic E-state index is 9.02. The van der Waals surface area contributed by atoms with Crippen molar-refractivity contribution in [3.8, 4) is 18.0 Å². The number of pyridine rings is 1. The van der Waals surface area contributed by atoms with Crippen LogP contribution in [0.3, 0.4) is 0 Å². The molecule has 2 heterocycles. The first-order valence-electron chi connectivity index (χ1n) is 5.93. The molecule has 0 radical (unpaired) electrons. The van der Waals surface area contributed by atoms with Crippen molar-refractivity contribution < 1.29 is 0 Å². The number of nitrogens with zero attached hydrogens (tertiary/aromatic N) is 5. The van der Waals surface area contributed by atoms with E-state index >= 15 is 0 Å². The summed E-state index contributed by atoms with van der Waals surface area (Å²) in [4.78, 5) is 4.18. The zero-order valence-electron chi connectivity index (χ0n) is 11.3. The maximum Gasteiger partial charge on any atom is 0.172 e. The minimum atomic E-state index is -0.221. The van der Waals surface area contributed by atoms with E-state index < -0.39 is 0 Å². The van der Waals surface area contributed by atoms with Gasteiger partial charge in [-0.15, -0.1) is 0 Å². The zero-order valence-corrected chi connectivity index (χ0v) is 12.1. The Bertz CT molecular complexity index is 740. The molecule has 0 atom stereocenters. The Morgan fingerprint density at radius 1 is 1.20 bits per heavy atom. The van der Waals surface area contributed by atoms with E-state index in [9.17, 15) is 0 Å². The van der Waals surface area contributed by atoms with E-state index in [-0.39, 0.29) is 5.41 Å². The van der Waals surface area contributed by atoms with Gasteiger partial charge in [-0.25, -0.2) is 9.67 Å². The lowest BCUT2D eigenvalue weighted by Gasteiger charge is -2.20. The number of halogens is 1. The van der Waals surface area contributed by atoms with E-state index in [0.717, 1.165) is 5.69 Å². The van der Waals surface area contributed by atoms with Crippen molar-refractivity contribution in [2.45, 2.75) is 26.2 Å². The molecule has 0 bridgehead atoms. The van der Waals surface area contributed by atoms with Crippen LogP contribution in [0.1, 0.15) is 37.7 Å². The van der Waals surface area contributed by atoms with Crippen molar-refractivity contribution in [3.05, 3.63) is 40.3 Å². The summed E-state index contributed by atoms with van der Waals surface area (Å²) in [6, 6.07) is 7.25. The zero-order chi connectivity index (χ0) is 14.9. The summed E-state index contributed by atoms with van der Waals surface area (Å²) in [5.41, 5.74) is 1.29. The predicted octanol–water partition coefficient (Wildman–Crippen LogP) is 2.96. The summed E-state index contributed by atoms with van der Waals surface area (Å²) in [6.07, 6.45) is 1.43. The Kier molecular flexibility index (Phi) is 3.48. The molecule has 0 aliphatic carbocycles. The quantitative estimate of drug-likeness (QED) is 0.807. The van der Waals surface area contributed by atoms with Gasteiger partial charge in [0.25, 0.3) is 0 Å². The first-order valence-corrected chi connectivity index (χ1v) is 6.31. The highest BCUT2D eigenvalue weighted by molar-refractivity contribution is 6.32. The monoisotopic (exact) mass is 285 g/mol. The topological polar surface area (TPSA) is 78.3 Å². The third-order valence-corrected chi connectivity index (χ3v) is 3.02. The number of rotatable bonds is 1. The molecule has 0 spiro atoms. The number of hydrogen-bond acceptors (Lipinski definition) is 4. The normalized spacial score (nSPS) is 10.9. The SMILES string of the molecule is CC(C)(C)c1cc(C#N)nn1-c1ncc(C#N)cc1Cl. The Hall–Kier alpha value is -2.37. The van der Waals surface area contributed by atoms with Crippen molar-refractivity contribution in [1.29, 1.82) is 10.5 Å². The third kappa shape index (κ3) is 2.49. The predicted molar refractivity (Wildman–Crippen MR) is 74.5 cm³/mol. The lowest BCUT2D eigenvalue weighted by molar-refractivity contribution is 0.541. The molecule has 0 unspecified atom stereocenters. The minimum Gasteiger partial charge on any atom is -0.234 e. The van der Waals surface area contributed by atoms with Gasteiger partial charge < -0.3 is 0 Å². The van der Waals surface area contributed by atoms with Gasteiger partial charge in [0, 0.05) is 11.6 Å². The van der Waals surface area contributed by atoms with E-state index in [1.807, 2.05) is 32.9 Å². The molecule has 0 aliphatic heterocycles. The van der Waals surface area contributed by atoms with E-state index in [1.54, 1.807) is 10.7 Å². The molecular formula is C14H12ClN5. The lowest BCUT2D eigenvalue weighted by Crippen LogP contribution is -2.18. The van der Waals surface area contributed by atoms with Gasteiger partial charge in [-0.1, -0.05) is 32.4 Å². The van der Waals surface area contributed by atoms with E-state index in [1.165, 1.54) is 12.3 Å². The fourth-order valence-corrected chi connectivity index (χ4v) is 2.03. The van der Waals surface area contributed by atoms with Crippen LogP contribution in [0.5, 0.6) is 0 Å². The third-order valence-electron chi connectivity index (χ3n) is 2.74. The molecule has 2 rings (SSSR count). The number of aromatic nitrogens is 3. The molecule has 0 aromatic carbocycles. The Morgan fingerprint density at radius 2 is 1.90 bits per heavy atom. The Morgan fingerprint density at radius 3 is 2.40 bits per heavy atom. The number of nitriles is 2. The van der Waals surface area contributed by atoms with Gasteiger partial charge in [0.2, 0.25) is 0 Å². The van der Waals surface area contributed by atoms with Gasteiger partial charge in [-0.3, -0.25) is 0 Å². The summed E-state index contributed by atoms with van der Waals surface area (Å²) < 4.78 is 1.56. The summed E-state index contributed by atoms with van der Waals surface area (Å²) in [7, 11) is 0. The van der Waals surface area contributed by atoms with Crippen LogP contribution in [0.2, 0.25) is 5.02 Å². The van der Waals surface area contributed by atoms with Crippen molar-refractivity contribution in [2.24, 2.45) is 0 Å². The maximum atomic E-state index is 9.02. The minimum absolute atomic E-state index is 0.221. The van der Waals surface area contributed by atoms with Crippen molar-refractivity contribution >= 4 is 11.6 Å². The van der Waals surface area contributed by atoms with Crippen LogP contribution in [0.15, 0.2) is 18.3 Å². The first-order chi connectivity index (χ1) is 9.36. The fraction of sp³-hybridized carbons (Fsp3) is 0.286. The molecule has 0 saturated heterocycles. The Balaban J connectivity index is 2.67. The Labute approximate surface area is 122 Å². The molecule has 0 amide bonds. The molecule has 0 aliphatic rings. The second-order valence-corrected chi connectivity index (χ2v) is 5.74. The molecule has 0 fully saturated rings. The average Bonchev–Trinajstić information content (AvgIpc) is 2.82. The van der Waals surface area contributed by atoms with Gasteiger partial charge >= 0.3 is 0 Å². The second-order valence-electron chi connectivity index (χ2n) is 5.33. The van der Waals surface area contributed by atoms with Gasteiger partial charge in [0.05, 0.1) is 16.3 Å². The highest BCUT2D eigenvalue weighted by atomic mass is 35.5. The van der Waals surface area contributed by atoms with Crippen molar-refractivity contribution in [1.82, 2.24) is 14.8 Å². The molecule has 0 saturated carbocycles. The van der Waals surface area contributed by atoms with Crippen LogP contribution in [0.25, 0.3) is 5.82 Å². The molecule has 2 aromatic rings. The van der Waals surface area contributed by atoms with Crippen LogP contribution >= 0.6 is 11.6 Å². The van der Waals surface area contributed by atoms with Crippen molar-refractivity contribution in [3.63, 3.8) is 0 Å². The average molecular weight is 286 g/mol. The van der Waals surface area contributed by atoms with E-state index in [2.05, 4.69) is 10.1 Å². The van der Waals surface area contributed by atoms with Crippen LogP contribution in [-0.2, 0) is 5.41 Å². The molecule has 6 heteroatoms. The molecule has 100 valence electrons.